The van der Waals surface area contributed by atoms with E-state index in [1.54, 1.807) is 26.0 Å². The Hall–Kier alpha value is -1.73. The molecule has 0 saturated heterocycles. The summed E-state index contributed by atoms with van der Waals surface area (Å²) in [5.74, 6) is -0.793. The average molecular weight is 408 g/mol. The lowest BCUT2D eigenvalue weighted by Crippen LogP contribution is -2.28. The Morgan fingerprint density at radius 3 is 2.54 bits per heavy atom. The van der Waals surface area contributed by atoms with Crippen LogP contribution in [0.25, 0.3) is 0 Å². The predicted octanol–water partition coefficient (Wildman–Crippen LogP) is 5.15. The number of carbonyl (C=O) groups excluding carboxylic acids is 1. The van der Waals surface area contributed by atoms with E-state index in [0.29, 0.717) is 22.9 Å². The first-order valence-electron chi connectivity index (χ1n) is 7.98. The molecule has 0 saturated carbocycles. The van der Waals surface area contributed by atoms with Gasteiger partial charge in [0.1, 0.15) is 0 Å². The van der Waals surface area contributed by atoms with E-state index in [1.807, 2.05) is 6.07 Å². The fourth-order valence-electron chi connectivity index (χ4n) is 2.49. The molecule has 1 aromatic carbocycles. The van der Waals surface area contributed by atoms with Crippen molar-refractivity contribution in [3.05, 3.63) is 51.3 Å². The van der Waals surface area contributed by atoms with E-state index in [2.05, 4.69) is 10.4 Å². The van der Waals surface area contributed by atoms with E-state index in [9.17, 15) is 18.0 Å². The van der Waals surface area contributed by atoms with E-state index in [1.165, 1.54) is 0 Å². The van der Waals surface area contributed by atoms with Crippen LogP contribution in [0.15, 0.2) is 24.4 Å². The highest BCUT2D eigenvalue weighted by atomic mass is 35.5. The number of amides is 1. The molecule has 0 aliphatic rings. The van der Waals surface area contributed by atoms with Crippen molar-refractivity contribution in [1.29, 1.82) is 0 Å². The van der Waals surface area contributed by atoms with Gasteiger partial charge in [0.05, 0.1) is 21.8 Å². The highest BCUT2D eigenvalue weighted by molar-refractivity contribution is 6.42. The zero-order valence-corrected chi connectivity index (χ0v) is 15.7. The smallest absolute Gasteiger partial charge is 0.352 e. The van der Waals surface area contributed by atoms with Crippen LogP contribution < -0.4 is 5.32 Å². The van der Waals surface area contributed by atoms with Crippen molar-refractivity contribution in [1.82, 2.24) is 15.1 Å². The van der Waals surface area contributed by atoms with E-state index in [-0.39, 0.29) is 6.54 Å². The Morgan fingerprint density at radius 1 is 1.27 bits per heavy atom. The molecule has 1 heterocycles. The first-order chi connectivity index (χ1) is 12.1. The minimum atomic E-state index is -4.66. The summed E-state index contributed by atoms with van der Waals surface area (Å²) in [4.78, 5) is 12.2. The number of hydrogen-bond donors (Lipinski definition) is 1. The molecular formula is C17H18Cl2F3N3O. The van der Waals surface area contributed by atoms with Gasteiger partial charge in [0.15, 0.2) is 5.69 Å². The van der Waals surface area contributed by atoms with Gasteiger partial charge in [-0.2, -0.15) is 18.3 Å². The van der Waals surface area contributed by atoms with Crippen molar-refractivity contribution < 1.29 is 18.0 Å². The lowest BCUT2D eigenvalue weighted by Gasteiger charge is -2.15. The van der Waals surface area contributed by atoms with Crippen molar-refractivity contribution in [2.24, 2.45) is 0 Å². The van der Waals surface area contributed by atoms with Crippen LogP contribution in [0.1, 0.15) is 47.9 Å². The number of aromatic nitrogens is 2. The third-order valence-corrected chi connectivity index (χ3v) is 4.45. The molecule has 0 unspecified atom stereocenters. The quantitative estimate of drug-likeness (QED) is 0.672. The minimum Gasteiger partial charge on any atom is -0.352 e. The number of benzene rings is 1. The second-order valence-corrected chi connectivity index (χ2v) is 6.87. The first-order valence-corrected chi connectivity index (χ1v) is 8.73. The van der Waals surface area contributed by atoms with Gasteiger partial charge in [-0.25, -0.2) is 0 Å². The molecule has 0 radical (unpaired) electrons. The van der Waals surface area contributed by atoms with E-state index < -0.39 is 29.4 Å². The monoisotopic (exact) mass is 407 g/mol. The zero-order valence-electron chi connectivity index (χ0n) is 14.2. The van der Waals surface area contributed by atoms with Crippen molar-refractivity contribution >= 4 is 29.1 Å². The standard InChI is InChI=1S/C17H18Cl2F3N3O/c1-10(2)25-15(17(20,21)22)12(9-24-25)16(26)23-7-3-4-11-5-6-13(18)14(19)8-11/h5-6,8-10H,3-4,7H2,1-2H3,(H,23,26). The van der Waals surface area contributed by atoms with Crippen LogP contribution in [0.3, 0.4) is 0 Å². The Morgan fingerprint density at radius 2 is 1.96 bits per heavy atom. The maximum absolute atomic E-state index is 13.3. The van der Waals surface area contributed by atoms with E-state index in [0.717, 1.165) is 16.4 Å². The molecular weight excluding hydrogens is 390 g/mol. The summed E-state index contributed by atoms with van der Waals surface area (Å²) < 4.78 is 40.6. The summed E-state index contributed by atoms with van der Waals surface area (Å²) in [7, 11) is 0. The fraction of sp³-hybridized carbons (Fsp3) is 0.412. The Kier molecular flexibility index (Phi) is 6.58. The maximum Gasteiger partial charge on any atom is 0.433 e. The van der Waals surface area contributed by atoms with Gasteiger partial charge < -0.3 is 5.32 Å². The van der Waals surface area contributed by atoms with Gasteiger partial charge >= 0.3 is 6.18 Å². The van der Waals surface area contributed by atoms with Crippen molar-refractivity contribution in [2.75, 3.05) is 6.54 Å². The third kappa shape index (κ3) is 4.92. The van der Waals surface area contributed by atoms with Gasteiger partial charge in [0.25, 0.3) is 5.91 Å². The average Bonchev–Trinajstić information content (AvgIpc) is 3.00. The van der Waals surface area contributed by atoms with Crippen molar-refractivity contribution in [3.8, 4) is 0 Å². The molecule has 1 aromatic heterocycles. The topological polar surface area (TPSA) is 46.9 Å². The van der Waals surface area contributed by atoms with Gasteiger partial charge in [0, 0.05) is 12.6 Å². The molecule has 1 N–H and O–H groups in total. The van der Waals surface area contributed by atoms with Crippen LogP contribution in [-0.4, -0.2) is 22.2 Å². The van der Waals surface area contributed by atoms with E-state index in [4.69, 9.17) is 23.2 Å². The predicted molar refractivity (Wildman–Crippen MR) is 94.7 cm³/mol. The molecule has 0 fully saturated rings. The molecule has 0 aliphatic carbocycles. The lowest BCUT2D eigenvalue weighted by molar-refractivity contribution is -0.145. The van der Waals surface area contributed by atoms with Gasteiger partial charge in [0.2, 0.25) is 0 Å². The van der Waals surface area contributed by atoms with Crippen LogP contribution >= 0.6 is 23.2 Å². The molecule has 0 spiro atoms. The maximum atomic E-state index is 13.3. The highest BCUT2D eigenvalue weighted by Crippen LogP contribution is 2.33. The van der Waals surface area contributed by atoms with Crippen molar-refractivity contribution in [2.45, 2.75) is 38.9 Å². The summed E-state index contributed by atoms with van der Waals surface area (Å²) in [6.45, 7) is 3.37. The number of nitrogens with zero attached hydrogens (tertiary/aromatic N) is 2. The molecule has 0 aliphatic heterocycles. The third-order valence-electron chi connectivity index (χ3n) is 3.71. The second kappa shape index (κ2) is 8.31. The highest BCUT2D eigenvalue weighted by Gasteiger charge is 2.40. The van der Waals surface area contributed by atoms with Crippen LogP contribution in [0.5, 0.6) is 0 Å². The van der Waals surface area contributed by atoms with Gasteiger partial charge in [-0.15, -0.1) is 0 Å². The molecule has 0 bridgehead atoms. The SMILES string of the molecule is CC(C)n1ncc(C(=O)NCCCc2ccc(Cl)c(Cl)c2)c1C(F)(F)F. The molecule has 142 valence electrons. The Labute approximate surface area is 159 Å². The summed E-state index contributed by atoms with van der Waals surface area (Å²) >= 11 is 11.8. The van der Waals surface area contributed by atoms with Crippen LogP contribution in [-0.2, 0) is 12.6 Å². The minimum absolute atomic E-state index is 0.225. The molecule has 9 heteroatoms. The molecule has 1 amide bonds. The Bertz CT molecular complexity index is 788. The van der Waals surface area contributed by atoms with Gasteiger partial charge in [-0.05, 0) is 44.4 Å². The molecule has 2 aromatic rings. The number of hydrogen-bond acceptors (Lipinski definition) is 2. The number of rotatable bonds is 6. The number of halogens is 5. The summed E-state index contributed by atoms with van der Waals surface area (Å²) in [6.07, 6.45) is -2.55. The first kappa shape index (κ1) is 20.6. The van der Waals surface area contributed by atoms with Gasteiger partial charge in [-0.1, -0.05) is 29.3 Å². The summed E-state index contributed by atoms with van der Waals surface area (Å²) in [6, 6.07) is 4.70. The normalized spacial score (nSPS) is 11.8. The van der Waals surface area contributed by atoms with Gasteiger partial charge in [-0.3, -0.25) is 9.48 Å². The number of nitrogens with one attached hydrogen (secondary N) is 1. The van der Waals surface area contributed by atoms with Crippen LogP contribution in [0.2, 0.25) is 10.0 Å². The molecule has 26 heavy (non-hydrogen) atoms. The zero-order chi connectivity index (χ0) is 19.5. The Balaban J connectivity index is 1.99. The summed E-state index contributed by atoms with van der Waals surface area (Å²) in [5.41, 5.74) is -0.576. The number of aryl methyl sites for hydroxylation is 1. The summed E-state index contributed by atoms with van der Waals surface area (Å²) in [5, 5.41) is 7.10. The van der Waals surface area contributed by atoms with Crippen LogP contribution in [0, 0.1) is 0 Å². The second-order valence-electron chi connectivity index (χ2n) is 6.05. The van der Waals surface area contributed by atoms with E-state index >= 15 is 0 Å². The van der Waals surface area contributed by atoms with Crippen LogP contribution in [0.4, 0.5) is 13.2 Å². The molecule has 0 atom stereocenters. The largest absolute Gasteiger partial charge is 0.433 e. The number of carbonyl (C=O) groups is 1. The van der Waals surface area contributed by atoms with Crippen molar-refractivity contribution in [3.63, 3.8) is 0 Å². The molecule has 4 nitrogen and oxygen atoms in total. The fourth-order valence-corrected chi connectivity index (χ4v) is 2.81. The lowest BCUT2D eigenvalue weighted by atomic mass is 10.1. The molecule has 2 rings (SSSR count). The number of alkyl halides is 3.